The van der Waals surface area contributed by atoms with E-state index in [9.17, 15) is 5.11 Å². The van der Waals surface area contributed by atoms with Crippen LogP contribution in [-0.2, 0) is 13.6 Å². The van der Waals surface area contributed by atoms with Crippen LogP contribution in [0.2, 0.25) is 0 Å². The molecule has 1 unspecified atom stereocenters. The molecule has 156 valence electrons. The molecule has 1 N–H and O–H groups in total. The highest BCUT2D eigenvalue weighted by Crippen LogP contribution is 2.30. The van der Waals surface area contributed by atoms with Crippen LogP contribution in [-0.4, -0.2) is 48.4 Å². The van der Waals surface area contributed by atoms with Crippen LogP contribution >= 0.6 is 11.8 Å². The number of hydrogen-bond donors (Lipinski definition) is 1. The van der Waals surface area contributed by atoms with E-state index in [-0.39, 0.29) is 0 Å². The van der Waals surface area contributed by atoms with Gasteiger partial charge >= 0.3 is 0 Å². The van der Waals surface area contributed by atoms with Crippen molar-refractivity contribution >= 4 is 22.8 Å². The van der Waals surface area contributed by atoms with E-state index in [1.807, 2.05) is 40.4 Å². The maximum Gasteiger partial charge on any atom is 0.191 e. The number of aliphatic hydroxyl groups excluding tert-OH is 1. The maximum absolute atomic E-state index is 10.6. The van der Waals surface area contributed by atoms with Crippen LogP contribution in [0.25, 0.3) is 22.4 Å². The number of benzene rings is 2. The molecule has 0 amide bonds. The number of aliphatic hydroxyl groups is 1. The number of thioether (sulfide) groups is 1. The average molecular weight is 424 g/mol. The van der Waals surface area contributed by atoms with Crippen molar-refractivity contribution in [1.29, 1.82) is 0 Å². The molecule has 2 aromatic carbocycles. The minimum Gasteiger partial charge on any atom is -0.496 e. The van der Waals surface area contributed by atoms with Gasteiger partial charge in [-0.2, -0.15) is 0 Å². The van der Waals surface area contributed by atoms with Gasteiger partial charge in [-0.25, -0.2) is 4.98 Å². The Labute approximate surface area is 179 Å². The molecule has 2 aromatic heterocycles. The number of fused-ring (bicyclic) bond motifs is 1. The van der Waals surface area contributed by atoms with Crippen molar-refractivity contribution in [3.8, 4) is 17.1 Å². The molecular weight excluding hydrogens is 398 g/mol. The van der Waals surface area contributed by atoms with E-state index in [2.05, 4.69) is 41.2 Å². The van der Waals surface area contributed by atoms with E-state index < -0.39 is 6.10 Å². The third-order valence-corrected chi connectivity index (χ3v) is 6.40. The Morgan fingerprint density at radius 3 is 2.70 bits per heavy atom. The Bertz CT molecular complexity index is 1180. The van der Waals surface area contributed by atoms with Gasteiger partial charge in [0.15, 0.2) is 11.0 Å². The highest BCUT2D eigenvalue weighted by Gasteiger charge is 2.17. The number of methoxy groups -OCH3 is 1. The van der Waals surface area contributed by atoms with Gasteiger partial charge in [-0.15, -0.1) is 10.2 Å². The largest absolute Gasteiger partial charge is 0.496 e. The van der Waals surface area contributed by atoms with E-state index in [0.717, 1.165) is 33.3 Å². The molecule has 0 bridgehead atoms. The lowest BCUT2D eigenvalue weighted by Gasteiger charge is -2.12. The van der Waals surface area contributed by atoms with Crippen molar-refractivity contribution in [1.82, 2.24) is 24.3 Å². The van der Waals surface area contributed by atoms with Crippen molar-refractivity contribution in [3.05, 3.63) is 53.9 Å². The van der Waals surface area contributed by atoms with E-state index in [0.29, 0.717) is 12.3 Å². The van der Waals surface area contributed by atoms with Crippen LogP contribution in [0.15, 0.2) is 47.9 Å². The van der Waals surface area contributed by atoms with Crippen LogP contribution in [0.4, 0.5) is 0 Å². The molecule has 0 aliphatic heterocycles. The van der Waals surface area contributed by atoms with Gasteiger partial charge in [0, 0.05) is 12.8 Å². The summed E-state index contributed by atoms with van der Waals surface area (Å²) >= 11 is 1.48. The maximum atomic E-state index is 10.6. The molecule has 0 spiro atoms. The van der Waals surface area contributed by atoms with E-state index in [1.54, 1.807) is 13.4 Å². The number of rotatable bonds is 7. The van der Waals surface area contributed by atoms with Crippen molar-refractivity contribution in [3.63, 3.8) is 0 Å². The Morgan fingerprint density at radius 2 is 1.90 bits per heavy atom. The van der Waals surface area contributed by atoms with Crippen LogP contribution in [0.3, 0.4) is 0 Å². The van der Waals surface area contributed by atoms with Gasteiger partial charge in [0.1, 0.15) is 5.75 Å². The fourth-order valence-electron chi connectivity index (χ4n) is 3.41. The number of imidazole rings is 1. The summed E-state index contributed by atoms with van der Waals surface area (Å²) in [7, 11) is 3.56. The normalized spacial score (nSPS) is 12.4. The van der Waals surface area contributed by atoms with Gasteiger partial charge in [-0.1, -0.05) is 23.9 Å². The monoisotopic (exact) mass is 423 g/mol. The summed E-state index contributed by atoms with van der Waals surface area (Å²) in [4.78, 5) is 4.47. The van der Waals surface area contributed by atoms with Gasteiger partial charge in [-0.05, 0) is 49.2 Å². The number of hydrogen-bond acceptors (Lipinski definition) is 6. The highest BCUT2D eigenvalue weighted by molar-refractivity contribution is 7.99. The zero-order chi connectivity index (χ0) is 21.3. The molecule has 30 heavy (non-hydrogen) atoms. The van der Waals surface area contributed by atoms with Crippen molar-refractivity contribution in [2.24, 2.45) is 7.05 Å². The lowest BCUT2D eigenvalue weighted by molar-refractivity contribution is 0.179. The predicted octanol–water partition coefficient (Wildman–Crippen LogP) is 3.61. The molecule has 4 aromatic rings. The fraction of sp³-hybridized carbons (Fsp3) is 0.318. The fourth-order valence-corrected chi connectivity index (χ4v) is 4.24. The first-order valence-electron chi connectivity index (χ1n) is 9.73. The minimum atomic E-state index is -0.541. The lowest BCUT2D eigenvalue weighted by atomic mass is 10.1. The second kappa shape index (κ2) is 8.49. The van der Waals surface area contributed by atoms with Gasteiger partial charge in [-0.3, -0.25) is 0 Å². The summed E-state index contributed by atoms with van der Waals surface area (Å²) in [6.07, 6.45) is 1.25. The van der Waals surface area contributed by atoms with Crippen LogP contribution in [0, 0.1) is 13.8 Å². The molecular formula is C22H25N5O2S. The van der Waals surface area contributed by atoms with Crippen LogP contribution in [0.5, 0.6) is 5.75 Å². The average Bonchev–Trinajstić information content (AvgIpc) is 3.30. The van der Waals surface area contributed by atoms with E-state index >= 15 is 0 Å². The molecule has 0 saturated carbocycles. The predicted molar refractivity (Wildman–Crippen MR) is 119 cm³/mol. The molecule has 1 atom stereocenters. The zero-order valence-electron chi connectivity index (χ0n) is 17.5. The smallest absolute Gasteiger partial charge is 0.191 e. The summed E-state index contributed by atoms with van der Waals surface area (Å²) in [6, 6.07) is 11.9. The van der Waals surface area contributed by atoms with Crippen molar-refractivity contribution < 1.29 is 9.84 Å². The second-order valence-corrected chi connectivity index (χ2v) is 8.34. The van der Waals surface area contributed by atoms with Gasteiger partial charge in [0.25, 0.3) is 0 Å². The molecule has 8 heteroatoms. The van der Waals surface area contributed by atoms with Crippen LogP contribution in [0.1, 0.15) is 11.1 Å². The molecule has 2 heterocycles. The summed E-state index contributed by atoms with van der Waals surface area (Å²) in [5.41, 5.74) is 5.32. The third-order valence-electron chi connectivity index (χ3n) is 5.23. The summed E-state index contributed by atoms with van der Waals surface area (Å²) < 4.78 is 9.36. The van der Waals surface area contributed by atoms with Gasteiger partial charge in [0.05, 0.1) is 42.7 Å². The van der Waals surface area contributed by atoms with E-state index in [1.165, 1.54) is 22.9 Å². The van der Waals surface area contributed by atoms with Crippen LogP contribution < -0.4 is 4.74 Å². The minimum absolute atomic E-state index is 0.475. The zero-order valence-corrected chi connectivity index (χ0v) is 18.3. The SMILES string of the molecule is COc1ccccc1-c1nnc(SCC(O)Cn2cnc3cc(C)c(C)cc32)n1C. The Balaban J connectivity index is 1.45. The molecule has 0 aliphatic carbocycles. The molecule has 4 rings (SSSR count). The number of aromatic nitrogens is 5. The first kappa shape index (κ1) is 20.4. The number of nitrogens with zero attached hydrogens (tertiary/aromatic N) is 5. The summed E-state index contributed by atoms with van der Waals surface area (Å²) in [5.74, 6) is 1.99. The standard InChI is InChI=1S/C22H25N5O2S/c1-14-9-18-19(10-15(14)2)27(13-23-18)11-16(28)12-30-22-25-24-21(26(22)3)17-7-5-6-8-20(17)29-4/h5-10,13,16,28H,11-12H2,1-4H3. The Hall–Kier alpha value is -2.84. The number of para-hydroxylation sites is 1. The van der Waals surface area contributed by atoms with Gasteiger partial charge in [0.2, 0.25) is 0 Å². The highest BCUT2D eigenvalue weighted by atomic mass is 32.2. The molecule has 0 aliphatic rings. The van der Waals surface area contributed by atoms with Gasteiger partial charge < -0.3 is 19.0 Å². The number of ether oxygens (including phenoxy) is 1. The number of aryl methyl sites for hydroxylation is 2. The Kier molecular flexibility index (Phi) is 5.78. The summed E-state index contributed by atoms with van der Waals surface area (Å²) in [5, 5.41) is 20.0. The molecule has 0 saturated heterocycles. The molecule has 0 fully saturated rings. The van der Waals surface area contributed by atoms with Crippen molar-refractivity contribution in [2.45, 2.75) is 31.7 Å². The quantitative estimate of drug-likeness (QED) is 0.458. The topological polar surface area (TPSA) is 78.0 Å². The first-order valence-corrected chi connectivity index (χ1v) is 10.7. The molecule has 0 radical (unpaired) electrons. The Morgan fingerprint density at radius 1 is 1.13 bits per heavy atom. The molecule has 7 nitrogen and oxygen atoms in total. The lowest BCUT2D eigenvalue weighted by Crippen LogP contribution is -2.18. The second-order valence-electron chi connectivity index (χ2n) is 7.35. The van der Waals surface area contributed by atoms with Crippen molar-refractivity contribution in [2.75, 3.05) is 12.9 Å². The third kappa shape index (κ3) is 3.93. The van der Waals surface area contributed by atoms with E-state index in [4.69, 9.17) is 4.74 Å². The summed E-state index contributed by atoms with van der Waals surface area (Å²) in [6.45, 7) is 4.65. The first-order chi connectivity index (χ1) is 14.5.